The van der Waals surface area contributed by atoms with Crippen LogP contribution in [0.4, 0.5) is 5.69 Å². The number of ether oxygens (including phenoxy) is 1. The van der Waals surface area contributed by atoms with E-state index in [0.29, 0.717) is 26.1 Å². The second-order valence-electron chi connectivity index (χ2n) is 10.6. The predicted octanol–water partition coefficient (Wildman–Crippen LogP) is 2.64. The van der Waals surface area contributed by atoms with Crippen molar-refractivity contribution >= 4 is 17.5 Å². The van der Waals surface area contributed by atoms with Gasteiger partial charge in [-0.2, -0.15) is 0 Å². The fourth-order valence-electron chi connectivity index (χ4n) is 5.64. The summed E-state index contributed by atoms with van der Waals surface area (Å²) in [7, 11) is 1.48. The number of hydrogen-bond donors (Lipinski definition) is 2. The maximum Gasteiger partial charge on any atom is 0.269 e. The van der Waals surface area contributed by atoms with E-state index in [1.807, 2.05) is 18.2 Å². The molecule has 2 atom stereocenters. The van der Waals surface area contributed by atoms with E-state index < -0.39 is 11.0 Å². The topological polar surface area (TPSA) is 131 Å². The Hall–Kier alpha value is -3.34. The molecule has 0 bridgehead atoms. The van der Waals surface area contributed by atoms with E-state index in [1.54, 1.807) is 17.0 Å². The number of methoxy groups -OCH3 is 1. The summed E-state index contributed by atoms with van der Waals surface area (Å²) in [5, 5.41) is 14.3. The first kappa shape index (κ1) is 28.7. The van der Waals surface area contributed by atoms with Crippen molar-refractivity contribution in [3.8, 4) is 0 Å². The minimum absolute atomic E-state index is 0.0483. The number of nitrogens with two attached hydrogens (primary N) is 1. The van der Waals surface area contributed by atoms with Crippen molar-refractivity contribution in [2.24, 2.45) is 5.73 Å². The quantitative estimate of drug-likeness (QED) is 0.333. The zero-order chi connectivity index (χ0) is 27.8. The van der Waals surface area contributed by atoms with Crippen LogP contribution in [0.15, 0.2) is 54.6 Å². The van der Waals surface area contributed by atoms with Gasteiger partial charge in [0.2, 0.25) is 11.8 Å². The Morgan fingerprint density at radius 2 is 1.77 bits per heavy atom. The second-order valence-corrected chi connectivity index (χ2v) is 10.6. The Morgan fingerprint density at radius 3 is 2.41 bits per heavy atom. The van der Waals surface area contributed by atoms with Crippen LogP contribution in [-0.2, 0) is 27.3 Å². The predicted molar refractivity (Wildman–Crippen MR) is 148 cm³/mol. The molecule has 4 rings (SSSR count). The van der Waals surface area contributed by atoms with E-state index in [4.69, 9.17) is 10.5 Å². The molecule has 2 aromatic carbocycles. The number of rotatable bonds is 11. The summed E-state index contributed by atoms with van der Waals surface area (Å²) in [6.45, 7) is 1.60. The third kappa shape index (κ3) is 7.84. The van der Waals surface area contributed by atoms with Gasteiger partial charge in [0.1, 0.15) is 12.6 Å². The molecule has 2 aliphatic rings. The summed E-state index contributed by atoms with van der Waals surface area (Å²) < 4.78 is 5.13. The minimum Gasteiger partial charge on any atom is -0.375 e. The Balaban J connectivity index is 1.52. The molecule has 2 amide bonds. The zero-order valence-electron chi connectivity index (χ0n) is 22.5. The van der Waals surface area contributed by atoms with Gasteiger partial charge in [-0.15, -0.1) is 0 Å². The number of nitro groups is 1. The van der Waals surface area contributed by atoms with Crippen molar-refractivity contribution in [3.63, 3.8) is 0 Å². The average molecular weight is 538 g/mol. The number of hydrogen-bond acceptors (Lipinski definition) is 7. The fraction of sp³-hybridized carbons (Fsp3) is 0.517. The Morgan fingerprint density at radius 1 is 1.08 bits per heavy atom. The summed E-state index contributed by atoms with van der Waals surface area (Å²) in [6, 6.07) is 16.4. The molecular formula is C29H39N5O5. The second kappa shape index (κ2) is 13.6. The molecule has 210 valence electrons. The van der Waals surface area contributed by atoms with E-state index in [9.17, 15) is 19.7 Å². The number of amides is 2. The standard InChI is InChI=1S/C29H39N5O5/c1-39-20-28(35)33-19-26(17-27(33)29(36)31-24-11-9-23(30)10-12-24)32(16-15-21-5-3-2-4-6-21)18-22-7-13-25(14-8-22)34(37)38/h2-8,13-14,23-24,26-27H,9-12,15-20,30H2,1H3,(H,31,36). The van der Waals surface area contributed by atoms with Crippen molar-refractivity contribution in [2.45, 2.75) is 69.2 Å². The van der Waals surface area contributed by atoms with Gasteiger partial charge >= 0.3 is 0 Å². The highest BCUT2D eigenvalue weighted by Gasteiger charge is 2.42. The third-order valence-corrected chi connectivity index (χ3v) is 7.87. The molecule has 1 saturated carbocycles. The Labute approximate surface area is 229 Å². The summed E-state index contributed by atoms with van der Waals surface area (Å²) in [5.41, 5.74) is 8.22. The first-order valence-electron chi connectivity index (χ1n) is 13.7. The molecule has 2 aromatic rings. The first-order chi connectivity index (χ1) is 18.8. The molecule has 10 nitrogen and oxygen atoms in total. The summed E-state index contributed by atoms with van der Waals surface area (Å²) in [4.78, 5) is 41.1. The molecule has 1 aliphatic carbocycles. The average Bonchev–Trinajstić information content (AvgIpc) is 3.39. The van der Waals surface area contributed by atoms with Crippen molar-refractivity contribution in [2.75, 3.05) is 26.8 Å². The molecule has 0 spiro atoms. The lowest BCUT2D eigenvalue weighted by Crippen LogP contribution is -2.50. The van der Waals surface area contributed by atoms with Gasteiger partial charge in [0, 0.05) is 57.0 Å². The summed E-state index contributed by atoms with van der Waals surface area (Å²) >= 11 is 0. The number of carbonyl (C=O) groups excluding carboxylic acids is 2. The molecule has 0 aromatic heterocycles. The van der Waals surface area contributed by atoms with Gasteiger partial charge in [-0.25, -0.2) is 0 Å². The monoisotopic (exact) mass is 537 g/mol. The van der Waals surface area contributed by atoms with E-state index in [1.165, 1.54) is 24.8 Å². The number of benzene rings is 2. The van der Waals surface area contributed by atoms with Crippen molar-refractivity contribution in [3.05, 3.63) is 75.8 Å². The lowest BCUT2D eigenvalue weighted by atomic mass is 9.91. The van der Waals surface area contributed by atoms with Crippen LogP contribution < -0.4 is 11.1 Å². The van der Waals surface area contributed by atoms with Crippen LogP contribution in [0.5, 0.6) is 0 Å². The van der Waals surface area contributed by atoms with Crippen LogP contribution in [0, 0.1) is 10.1 Å². The zero-order valence-corrected chi connectivity index (χ0v) is 22.5. The van der Waals surface area contributed by atoms with Crippen molar-refractivity contribution < 1.29 is 19.2 Å². The number of non-ortho nitro benzene ring substituents is 1. The van der Waals surface area contributed by atoms with Gasteiger partial charge in [0.25, 0.3) is 5.69 Å². The van der Waals surface area contributed by atoms with Crippen LogP contribution in [0.2, 0.25) is 0 Å². The molecule has 10 heteroatoms. The maximum absolute atomic E-state index is 13.5. The highest BCUT2D eigenvalue weighted by Crippen LogP contribution is 2.26. The number of likely N-dealkylation sites (tertiary alicyclic amines) is 1. The van der Waals surface area contributed by atoms with Crippen LogP contribution in [-0.4, -0.2) is 77.5 Å². The molecule has 0 radical (unpaired) electrons. The Kier molecular flexibility index (Phi) is 10.0. The molecule has 1 aliphatic heterocycles. The Bertz CT molecular complexity index is 1100. The lowest BCUT2D eigenvalue weighted by Gasteiger charge is -2.30. The van der Waals surface area contributed by atoms with Gasteiger partial charge in [-0.1, -0.05) is 42.5 Å². The fourth-order valence-corrected chi connectivity index (χ4v) is 5.64. The maximum atomic E-state index is 13.5. The normalized spacial score (nSPS) is 23.1. The lowest BCUT2D eigenvalue weighted by molar-refractivity contribution is -0.384. The summed E-state index contributed by atoms with van der Waals surface area (Å²) in [5.74, 6) is -0.329. The van der Waals surface area contributed by atoms with Crippen LogP contribution in [0.25, 0.3) is 0 Å². The smallest absolute Gasteiger partial charge is 0.269 e. The number of nitrogens with zero attached hydrogens (tertiary/aromatic N) is 3. The number of nitrogens with one attached hydrogen (secondary N) is 1. The highest BCUT2D eigenvalue weighted by molar-refractivity contribution is 5.89. The molecular weight excluding hydrogens is 498 g/mol. The van der Waals surface area contributed by atoms with Crippen LogP contribution >= 0.6 is 0 Å². The van der Waals surface area contributed by atoms with Gasteiger partial charge in [0.15, 0.2) is 0 Å². The van der Waals surface area contributed by atoms with Gasteiger partial charge in [-0.3, -0.25) is 24.6 Å². The van der Waals surface area contributed by atoms with Crippen molar-refractivity contribution in [1.82, 2.24) is 15.1 Å². The largest absolute Gasteiger partial charge is 0.375 e. The van der Waals surface area contributed by atoms with E-state index in [-0.39, 0.29) is 42.2 Å². The van der Waals surface area contributed by atoms with Gasteiger partial charge in [-0.05, 0) is 49.7 Å². The number of nitro benzene ring substituents is 1. The third-order valence-electron chi connectivity index (χ3n) is 7.87. The molecule has 1 saturated heterocycles. The molecule has 2 fully saturated rings. The van der Waals surface area contributed by atoms with E-state index in [0.717, 1.165) is 37.7 Å². The molecule has 39 heavy (non-hydrogen) atoms. The number of carbonyl (C=O) groups is 2. The van der Waals surface area contributed by atoms with Crippen LogP contribution in [0.1, 0.15) is 43.2 Å². The highest BCUT2D eigenvalue weighted by atomic mass is 16.6. The van der Waals surface area contributed by atoms with E-state index >= 15 is 0 Å². The minimum atomic E-state index is -0.579. The van der Waals surface area contributed by atoms with Crippen LogP contribution in [0.3, 0.4) is 0 Å². The molecule has 2 unspecified atom stereocenters. The SMILES string of the molecule is COCC(=O)N1CC(N(CCc2ccccc2)Cc2ccc([N+](=O)[O-])cc2)CC1C(=O)NC1CCC(N)CC1. The van der Waals surface area contributed by atoms with Crippen molar-refractivity contribution in [1.29, 1.82) is 0 Å². The van der Waals surface area contributed by atoms with Gasteiger partial charge in [0.05, 0.1) is 4.92 Å². The summed E-state index contributed by atoms with van der Waals surface area (Å²) in [6.07, 6.45) is 4.77. The first-order valence-corrected chi connectivity index (χ1v) is 13.7. The van der Waals surface area contributed by atoms with Gasteiger partial charge < -0.3 is 20.7 Å². The molecule has 3 N–H and O–H groups in total. The van der Waals surface area contributed by atoms with E-state index in [2.05, 4.69) is 22.3 Å². The molecule has 1 heterocycles.